The molecule has 0 aliphatic carbocycles. The highest BCUT2D eigenvalue weighted by atomic mass is 32.2. The van der Waals surface area contributed by atoms with E-state index in [1.54, 1.807) is 17.0 Å². The molecule has 0 bridgehead atoms. The molecule has 1 aliphatic heterocycles. The second-order valence-electron chi connectivity index (χ2n) is 7.75. The minimum Gasteiger partial charge on any atom is -0.308 e. The smallest absolute Gasteiger partial charge is 0.258 e. The molecule has 162 valence electrons. The van der Waals surface area contributed by atoms with Crippen molar-refractivity contribution in [3.63, 3.8) is 0 Å². The van der Waals surface area contributed by atoms with Gasteiger partial charge in [-0.05, 0) is 54.8 Å². The summed E-state index contributed by atoms with van der Waals surface area (Å²) >= 11 is 0.988. The van der Waals surface area contributed by atoms with E-state index in [2.05, 4.69) is 13.5 Å². The van der Waals surface area contributed by atoms with Crippen LogP contribution < -0.4 is 9.62 Å². The molecule has 0 saturated heterocycles. The Morgan fingerprint density at radius 2 is 1.94 bits per heavy atom. The van der Waals surface area contributed by atoms with Gasteiger partial charge >= 0.3 is 0 Å². The minimum absolute atomic E-state index is 0.0223. The summed E-state index contributed by atoms with van der Waals surface area (Å²) in [7, 11) is -3.74. The van der Waals surface area contributed by atoms with Crippen LogP contribution in [-0.4, -0.2) is 29.6 Å². The number of aryl methyl sites for hydroxylation is 1. The van der Waals surface area contributed by atoms with E-state index in [0.29, 0.717) is 23.1 Å². The molecule has 0 spiro atoms. The first-order valence-electron chi connectivity index (χ1n) is 10.1. The number of benzene rings is 3. The molecule has 1 aromatic heterocycles. The van der Waals surface area contributed by atoms with Gasteiger partial charge in [-0.1, -0.05) is 35.9 Å². The van der Waals surface area contributed by atoms with Crippen molar-refractivity contribution in [3.8, 4) is 0 Å². The normalized spacial score (nSPS) is 13.5. The Bertz CT molecular complexity index is 1450. The van der Waals surface area contributed by atoms with Crippen molar-refractivity contribution in [2.75, 3.05) is 11.4 Å². The van der Waals surface area contributed by atoms with Crippen LogP contribution in [0.5, 0.6) is 0 Å². The highest BCUT2D eigenvalue weighted by Gasteiger charge is 2.26. The van der Waals surface area contributed by atoms with Crippen molar-refractivity contribution in [2.24, 2.45) is 0 Å². The van der Waals surface area contributed by atoms with E-state index in [1.807, 2.05) is 49.4 Å². The molecule has 0 fully saturated rings. The first-order valence-corrected chi connectivity index (χ1v) is 12.3. The van der Waals surface area contributed by atoms with Crippen molar-refractivity contribution >= 4 is 44.4 Å². The second kappa shape index (κ2) is 8.09. The van der Waals surface area contributed by atoms with Crippen molar-refractivity contribution in [3.05, 3.63) is 82.9 Å². The van der Waals surface area contributed by atoms with E-state index in [-0.39, 0.29) is 17.3 Å². The lowest BCUT2D eigenvalue weighted by Crippen LogP contribution is -2.28. The van der Waals surface area contributed by atoms with Crippen LogP contribution in [0.4, 0.5) is 5.69 Å². The summed E-state index contributed by atoms with van der Waals surface area (Å²) in [6, 6.07) is 18.2. The Morgan fingerprint density at radius 1 is 1.09 bits per heavy atom. The molecule has 0 saturated carbocycles. The zero-order valence-corrected chi connectivity index (χ0v) is 18.9. The van der Waals surface area contributed by atoms with E-state index >= 15 is 0 Å². The highest BCUT2D eigenvalue weighted by Crippen LogP contribution is 2.30. The quantitative estimate of drug-likeness (QED) is 0.486. The first-order chi connectivity index (χ1) is 15.4. The van der Waals surface area contributed by atoms with Crippen LogP contribution in [-0.2, 0) is 23.0 Å². The summed E-state index contributed by atoms with van der Waals surface area (Å²) in [5.41, 5.74) is 5.40. The molecule has 32 heavy (non-hydrogen) atoms. The number of aromatic nitrogens is 2. The van der Waals surface area contributed by atoms with Crippen molar-refractivity contribution in [2.45, 2.75) is 24.8 Å². The van der Waals surface area contributed by atoms with Gasteiger partial charge in [0.25, 0.3) is 5.91 Å². The van der Waals surface area contributed by atoms with E-state index in [1.165, 1.54) is 6.07 Å². The van der Waals surface area contributed by atoms with Crippen LogP contribution in [0.1, 0.15) is 27.0 Å². The molecule has 0 unspecified atom stereocenters. The van der Waals surface area contributed by atoms with Gasteiger partial charge in [0.15, 0.2) is 0 Å². The molecule has 1 aliphatic rings. The molecular formula is C23H20N4O3S2. The number of anilines is 1. The Balaban J connectivity index is 1.34. The van der Waals surface area contributed by atoms with Crippen LogP contribution >= 0.6 is 11.7 Å². The van der Waals surface area contributed by atoms with Gasteiger partial charge in [-0.15, -0.1) is 0 Å². The number of fused-ring (bicyclic) bond motifs is 2. The minimum atomic E-state index is -3.74. The standard InChI is InChI=1S/C23H20N4O3S2/c1-15-4-2-5-18(12-15)23(28)27-11-10-17-13-16(8-9-20(17)27)14-24-32(29,30)21-7-3-6-19-22(21)26-31-25-19/h2-9,12-13,24H,10-11,14H2,1H3. The number of rotatable bonds is 5. The number of carbonyl (C=O) groups is 1. The van der Waals surface area contributed by atoms with Crippen molar-refractivity contribution < 1.29 is 13.2 Å². The number of hydrogen-bond acceptors (Lipinski definition) is 6. The van der Waals surface area contributed by atoms with Crippen LogP contribution in [0.2, 0.25) is 0 Å². The molecule has 9 heteroatoms. The van der Waals surface area contributed by atoms with Gasteiger partial charge in [-0.3, -0.25) is 4.79 Å². The van der Waals surface area contributed by atoms with Gasteiger partial charge < -0.3 is 4.90 Å². The van der Waals surface area contributed by atoms with Crippen molar-refractivity contribution in [1.82, 2.24) is 13.5 Å². The predicted molar refractivity (Wildman–Crippen MR) is 124 cm³/mol. The summed E-state index contributed by atoms with van der Waals surface area (Å²) in [5, 5.41) is 0. The number of nitrogens with one attached hydrogen (secondary N) is 1. The zero-order valence-electron chi connectivity index (χ0n) is 17.3. The lowest BCUT2D eigenvalue weighted by Gasteiger charge is -2.18. The zero-order chi connectivity index (χ0) is 22.3. The largest absolute Gasteiger partial charge is 0.308 e. The Kier molecular flexibility index (Phi) is 5.24. The van der Waals surface area contributed by atoms with E-state index < -0.39 is 10.0 Å². The number of carbonyl (C=O) groups excluding carboxylic acids is 1. The molecule has 1 amide bonds. The average molecular weight is 465 g/mol. The van der Waals surface area contributed by atoms with Crippen LogP contribution in [0.15, 0.2) is 65.6 Å². The van der Waals surface area contributed by atoms with Crippen LogP contribution in [0, 0.1) is 6.92 Å². The lowest BCUT2D eigenvalue weighted by atomic mass is 10.1. The SMILES string of the molecule is Cc1cccc(C(=O)N2CCc3cc(CNS(=O)(=O)c4cccc5nsnc45)ccc32)c1. The number of hydrogen-bond donors (Lipinski definition) is 1. The maximum absolute atomic E-state index is 13.0. The number of nitrogens with zero attached hydrogens (tertiary/aromatic N) is 3. The topological polar surface area (TPSA) is 92.3 Å². The van der Waals surface area contributed by atoms with E-state index in [0.717, 1.165) is 40.5 Å². The fourth-order valence-corrected chi connectivity index (χ4v) is 5.75. The Labute approximate surface area is 190 Å². The molecule has 0 radical (unpaired) electrons. The third-order valence-electron chi connectivity index (χ3n) is 5.55. The van der Waals surface area contributed by atoms with Crippen LogP contribution in [0.3, 0.4) is 0 Å². The third kappa shape index (κ3) is 3.79. The summed E-state index contributed by atoms with van der Waals surface area (Å²) in [6.45, 7) is 2.72. The van der Waals surface area contributed by atoms with E-state index in [4.69, 9.17) is 0 Å². The number of amides is 1. The molecule has 5 rings (SSSR count). The molecule has 2 heterocycles. The summed E-state index contributed by atoms with van der Waals surface area (Å²) in [6.07, 6.45) is 0.733. The summed E-state index contributed by atoms with van der Waals surface area (Å²) in [4.78, 5) is 14.9. The fraction of sp³-hybridized carbons (Fsp3) is 0.174. The van der Waals surface area contributed by atoms with E-state index in [9.17, 15) is 13.2 Å². The molecule has 3 aromatic carbocycles. The molecule has 0 atom stereocenters. The predicted octanol–water partition coefficient (Wildman–Crippen LogP) is 3.68. The molecular weight excluding hydrogens is 444 g/mol. The van der Waals surface area contributed by atoms with Gasteiger partial charge in [-0.25, -0.2) is 13.1 Å². The maximum Gasteiger partial charge on any atom is 0.258 e. The highest BCUT2D eigenvalue weighted by molar-refractivity contribution is 7.89. The summed E-state index contributed by atoms with van der Waals surface area (Å²) in [5.74, 6) is -0.0223. The van der Waals surface area contributed by atoms with Gasteiger partial charge in [0.05, 0.1) is 11.7 Å². The van der Waals surface area contributed by atoms with Gasteiger partial charge in [0, 0.05) is 24.3 Å². The Hall–Kier alpha value is -3.14. The number of sulfonamides is 1. The molecule has 7 nitrogen and oxygen atoms in total. The fourth-order valence-electron chi connectivity index (χ4n) is 3.96. The van der Waals surface area contributed by atoms with Crippen LogP contribution in [0.25, 0.3) is 11.0 Å². The monoisotopic (exact) mass is 464 g/mol. The molecule has 1 N–H and O–H groups in total. The van der Waals surface area contributed by atoms with Gasteiger partial charge in [0.1, 0.15) is 15.9 Å². The Morgan fingerprint density at radius 3 is 2.78 bits per heavy atom. The summed E-state index contributed by atoms with van der Waals surface area (Å²) < 4.78 is 36.6. The maximum atomic E-state index is 13.0. The third-order valence-corrected chi connectivity index (χ3v) is 7.53. The molecule has 4 aromatic rings. The van der Waals surface area contributed by atoms with Gasteiger partial charge in [-0.2, -0.15) is 8.75 Å². The first kappa shape index (κ1) is 20.7. The van der Waals surface area contributed by atoms with Crippen molar-refractivity contribution in [1.29, 1.82) is 0 Å². The second-order valence-corrected chi connectivity index (χ2v) is 10.0. The average Bonchev–Trinajstić information content (AvgIpc) is 3.43. The van der Waals surface area contributed by atoms with Gasteiger partial charge in [0.2, 0.25) is 10.0 Å². The lowest BCUT2D eigenvalue weighted by molar-refractivity contribution is 0.0989.